The highest BCUT2D eigenvalue weighted by molar-refractivity contribution is 7.99. The summed E-state index contributed by atoms with van der Waals surface area (Å²) in [6.45, 7) is 13.9. The molecule has 0 aliphatic carbocycles. The van der Waals surface area contributed by atoms with E-state index in [9.17, 15) is 9.59 Å². The zero-order chi connectivity index (χ0) is 45.3. The number of carbonyl (C=O) groups excluding carboxylic acids is 2. The van der Waals surface area contributed by atoms with Gasteiger partial charge in [0.25, 0.3) is 0 Å². The van der Waals surface area contributed by atoms with Gasteiger partial charge < -0.3 is 66.3 Å². The normalized spacial score (nSPS) is 24.0. The van der Waals surface area contributed by atoms with Crippen LogP contribution in [-0.4, -0.2) is 111 Å². The summed E-state index contributed by atoms with van der Waals surface area (Å²) in [6.07, 6.45) is 5.18. The molecule has 2 unspecified atom stereocenters. The van der Waals surface area contributed by atoms with Crippen LogP contribution in [0.4, 0.5) is 0 Å². The Morgan fingerprint density at radius 2 is 1.02 bits per heavy atom. The van der Waals surface area contributed by atoms with Crippen molar-refractivity contribution in [1.82, 2.24) is 31.9 Å². The van der Waals surface area contributed by atoms with Crippen LogP contribution in [0.5, 0.6) is 0 Å². The summed E-state index contributed by atoms with van der Waals surface area (Å²) >= 11 is 3.23. The molecule has 348 valence electrons. The quantitative estimate of drug-likeness (QED) is 0.0728. The molecule has 2 aromatic carbocycles. The molecule has 0 radical (unpaired) electrons. The van der Waals surface area contributed by atoms with Crippen LogP contribution < -0.4 is 66.3 Å². The molecule has 0 fully saturated rings. The van der Waals surface area contributed by atoms with Crippen molar-refractivity contribution in [2.45, 2.75) is 125 Å². The van der Waals surface area contributed by atoms with E-state index in [4.69, 9.17) is 34.4 Å². The molecule has 0 saturated carbocycles. The molecule has 1 heterocycles. The monoisotopic (exact) mass is 899 g/mol. The molecule has 0 saturated heterocycles. The molecule has 0 aromatic heterocycles. The second-order valence-electron chi connectivity index (χ2n) is 16.5. The van der Waals surface area contributed by atoms with Crippen LogP contribution in [0.1, 0.15) is 77.3 Å². The molecule has 16 nitrogen and oxygen atoms in total. The number of nitrogens with one attached hydrogen (secondary N) is 6. The number of guanidine groups is 2. The number of fused-ring (bicyclic) bond motifs is 4. The minimum atomic E-state index is -0.523. The number of amides is 2. The maximum Gasteiger partial charge on any atom is 0.235 e. The molecule has 3 rings (SSSR count). The number of aliphatic imine (C=N–C) groups is 2. The number of hydrogen-bond acceptors (Lipinski definition) is 12. The van der Waals surface area contributed by atoms with E-state index < -0.39 is 12.1 Å². The standard InChI is InChI=1S/C44H78N14O2S2/c1-5-29(3)37-25-53-33(13-9-17-51-43(47)48)23-57-39(41(45)59)27-62-36-16-8-12-32(20-36)22-56-38(30(4)6-2)26-54-34(14-10-18-52-44(49)50)24-58-40(42(46)60)28-61-35-15-7-11-31(19-35)21-55-37/h7-8,11-12,15-16,19-20,29-30,33-34,37-40,53-58H,5-6,9-10,13-14,17-18,21-28H2,1-4H3,(H2,45,59)(H2,46,60)(H4,47,48,51)(H4,49,50,52)/t29?,30?,33-,34-,37+,38+,39-,40-/m0/s1. The maximum absolute atomic E-state index is 12.8. The van der Waals surface area contributed by atoms with Gasteiger partial charge in [-0.3, -0.25) is 19.6 Å². The first kappa shape index (κ1) is 52.7. The molecular weight excluding hydrogens is 821 g/mol. The zero-order valence-corrected chi connectivity index (χ0v) is 39.2. The number of thioether (sulfide) groups is 2. The smallest absolute Gasteiger partial charge is 0.235 e. The van der Waals surface area contributed by atoms with Crippen LogP contribution in [0.25, 0.3) is 0 Å². The van der Waals surface area contributed by atoms with Gasteiger partial charge in [0.2, 0.25) is 11.8 Å². The third-order valence-electron chi connectivity index (χ3n) is 11.6. The minimum absolute atomic E-state index is 0.0464. The van der Waals surface area contributed by atoms with Crippen LogP contribution >= 0.6 is 23.5 Å². The third kappa shape index (κ3) is 21.2. The van der Waals surface area contributed by atoms with Crippen LogP contribution in [0.3, 0.4) is 0 Å². The van der Waals surface area contributed by atoms with Crippen LogP contribution in [0.15, 0.2) is 68.3 Å². The Labute approximate surface area is 379 Å². The Bertz CT molecular complexity index is 1540. The SMILES string of the molecule is CCC(C)[C@H]1CN[C@@H](CCCN=C(N)N)CN[C@H](C(N)=O)CSc2cccc(c2)CN[C@@H](C(C)CC)CN[C@@H](CCCN=C(N)N)CN[C@H](C(N)=O)CSc2cccc(c2)CN1. The molecule has 2 aromatic rings. The van der Waals surface area contributed by atoms with Crippen molar-refractivity contribution in [2.24, 2.45) is 56.2 Å². The van der Waals surface area contributed by atoms with E-state index in [0.29, 0.717) is 62.6 Å². The number of benzene rings is 2. The first-order valence-electron chi connectivity index (χ1n) is 22.3. The van der Waals surface area contributed by atoms with Crippen molar-refractivity contribution < 1.29 is 9.59 Å². The van der Waals surface area contributed by atoms with Gasteiger partial charge in [0.05, 0.1) is 12.1 Å². The highest BCUT2D eigenvalue weighted by Gasteiger charge is 2.23. The second-order valence-corrected chi connectivity index (χ2v) is 18.7. The lowest BCUT2D eigenvalue weighted by Crippen LogP contribution is -2.52. The molecule has 18 N–H and O–H groups in total. The van der Waals surface area contributed by atoms with Gasteiger partial charge in [0, 0.05) is 97.8 Å². The van der Waals surface area contributed by atoms with Crippen molar-refractivity contribution in [3.05, 3.63) is 59.7 Å². The van der Waals surface area contributed by atoms with E-state index in [1.165, 1.54) is 0 Å². The fraction of sp³-hybridized carbons (Fsp3) is 0.636. The Kier molecular flexibility index (Phi) is 25.2. The minimum Gasteiger partial charge on any atom is -0.370 e. The molecule has 0 spiro atoms. The van der Waals surface area contributed by atoms with Gasteiger partial charge in [0.15, 0.2) is 11.9 Å². The number of rotatable bonds is 14. The first-order valence-corrected chi connectivity index (χ1v) is 24.3. The van der Waals surface area contributed by atoms with E-state index in [0.717, 1.165) is 72.5 Å². The van der Waals surface area contributed by atoms with Crippen LogP contribution in [0.2, 0.25) is 0 Å². The van der Waals surface area contributed by atoms with Crippen molar-refractivity contribution in [3.63, 3.8) is 0 Å². The Hall–Kier alpha value is -3.62. The lowest BCUT2D eigenvalue weighted by atomic mass is 9.98. The van der Waals surface area contributed by atoms with Crippen LogP contribution in [-0.2, 0) is 22.7 Å². The van der Waals surface area contributed by atoms with Crippen molar-refractivity contribution in [1.29, 1.82) is 0 Å². The lowest BCUT2D eigenvalue weighted by molar-refractivity contribution is -0.120. The summed E-state index contributed by atoms with van der Waals surface area (Å²) < 4.78 is 0. The summed E-state index contributed by atoms with van der Waals surface area (Å²) in [5, 5.41) is 22.2. The topological polar surface area (TPSA) is 287 Å². The highest BCUT2D eigenvalue weighted by atomic mass is 32.2. The average molecular weight is 899 g/mol. The maximum atomic E-state index is 12.8. The summed E-state index contributed by atoms with van der Waals surface area (Å²) in [5.74, 6) is 1.17. The Morgan fingerprint density at radius 3 is 1.37 bits per heavy atom. The fourth-order valence-corrected chi connectivity index (χ4v) is 9.25. The number of primary amides is 2. The summed E-state index contributed by atoms with van der Waals surface area (Å²) in [4.78, 5) is 36.1. The van der Waals surface area contributed by atoms with Crippen molar-refractivity contribution in [2.75, 3.05) is 50.8 Å². The summed E-state index contributed by atoms with van der Waals surface area (Å²) in [5.41, 5.74) is 36.7. The number of nitrogens with two attached hydrogens (primary N) is 6. The van der Waals surface area contributed by atoms with Gasteiger partial charge in [0.1, 0.15) is 0 Å². The molecule has 1 aliphatic rings. The summed E-state index contributed by atoms with van der Waals surface area (Å²) in [6, 6.07) is 16.3. The zero-order valence-electron chi connectivity index (χ0n) is 37.5. The number of nitrogens with zero attached hydrogens (tertiary/aromatic N) is 2. The third-order valence-corrected chi connectivity index (χ3v) is 13.8. The van der Waals surface area contributed by atoms with Gasteiger partial charge in [-0.05, 0) is 72.9 Å². The molecular formula is C44H78N14O2S2. The van der Waals surface area contributed by atoms with Gasteiger partial charge >= 0.3 is 0 Å². The molecule has 2 amide bonds. The molecule has 8 atom stereocenters. The van der Waals surface area contributed by atoms with Gasteiger partial charge in [-0.1, -0.05) is 64.8 Å². The predicted molar refractivity (Wildman–Crippen MR) is 260 cm³/mol. The van der Waals surface area contributed by atoms with E-state index in [2.05, 4.69) is 118 Å². The van der Waals surface area contributed by atoms with E-state index in [1.54, 1.807) is 23.5 Å². The number of carbonyl (C=O) groups is 2. The molecule has 1 aliphatic heterocycles. The van der Waals surface area contributed by atoms with Crippen molar-refractivity contribution in [3.8, 4) is 0 Å². The van der Waals surface area contributed by atoms with E-state index in [-0.39, 0.29) is 47.9 Å². The van der Waals surface area contributed by atoms with Crippen LogP contribution in [0, 0.1) is 11.8 Å². The molecule has 4 bridgehead atoms. The molecule has 62 heavy (non-hydrogen) atoms. The molecule has 18 heteroatoms. The Morgan fingerprint density at radius 1 is 0.613 bits per heavy atom. The number of hydrogen-bond donors (Lipinski definition) is 12. The fourth-order valence-electron chi connectivity index (χ4n) is 7.15. The first-order chi connectivity index (χ1) is 29.8. The highest BCUT2D eigenvalue weighted by Crippen LogP contribution is 2.22. The lowest BCUT2D eigenvalue weighted by Gasteiger charge is -2.29. The van der Waals surface area contributed by atoms with Crippen molar-refractivity contribution >= 4 is 47.3 Å². The van der Waals surface area contributed by atoms with Gasteiger partial charge in [-0.25, -0.2) is 0 Å². The predicted octanol–water partition coefficient (Wildman–Crippen LogP) is 1.50. The summed E-state index contributed by atoms with van der Waals surface area (Å²) in [7, 11) is 0. The van der Waals surface area contributed by atoms with Gasteiger partial charge in [-0.15, -0.1) is 23.5 Å². The van der Waals surface area contributed by atoms with E-state index in [1.807, 2.05) is 0 Å². The van der Waals surface area contributed by atoms with E-state index >= 15 is 0 Å². The second kappa shape index (κ2) is 29.7. The largest absolute Gasteiger partial charge is 0.370 e. The average Bonchev–Trinajstić information content (AvgIpc) is 3.24. The Balaban J connectivity index is 1.90. The van der Waals surface area contributed by atoms with Gasteiger partial charge in [-0.2, -0.15) is 0 Å².